The van der Waals surface area contributed by atoms with E-state index in [4.69, 9.17) is 15.9 Å². The molecule has 0 aromatic heterocycles. The Morgan fingerprint density at radius 2 is 1.89 bits per heavy atom. The highest BCUT2D eigenvalue weighted by Gasteiger charge is 2.16. The minimum absolute atomic E-state index is 0.0554. The van der Waals surface area contributed by atoms with Crippen molar-refractivity contribution >= 4 is 17.8 Å². The number of carbonyl (C=O) groups excluding carboxylic acids is 2. The number of nitrogens with two attached hydrogens (primary N) is 1. The van der Waals surface area contributed by atoms with Crippen molar-refractivity contribution in [3.05, 3.63) is 41.0 Å². The fraction of sp³-hybridized carbons (Fsp3) is 0.286. The highest BCUT2D eigenvalue weighted by atomic mass is 16.3. The first kappa shape index (κ1) is 15.1. The summed E-state index contributed by atoms with van der Waals surface area (Å²) in [6.07, 6.45) is 2.04. The van der Waals surface area contributed by atoms with Gasteiger partial charge in [0, 0.05) is 13.2 Å². The van der Waals surface area contributed by atoms with Crippen molar-refractivity contribution in [1.82, 2.24) is 0 Å². The van der Waals surface area contributed by atoms with Gasteiger partial charge in [0.1, 0.15) is 0 Å². The van der Waals surface area contributed by atoms with Gasteiger partial charge in [-0.3, -0.25) is 9.59 Å². The number of aliphatic hydroxyl groups is 2. The Kier molecular flexibility index (Phi) is 5.92. The van der Waals surface area contributed by atoms with Gasteiger partial charge >= 0.3 is 0 Å². The largest absolute Gasteiger partial charge is 0.396 e. The van der Waals surface area contributed by atoms with Crippen LogP contribution in [0.4, 0.5) is 0 Å². The summed E-state index contributed by atoms with van der Waals surface area (Å²) >= 11 is 0. The second-order valence-corrected chi connectivity index (χ2v) is 3.92. The van der Waals surface area contributed by atoms with Gasteiger partial charge in [-0.15, -0.1) is 0 Å². The third-order valence-corrected chi connectivity index (χ3v) is 2.74. The van der Waals surface area contributed by atoms with Crippen LogP contribution in [-0.2, 0) is 16.0 Å². The van der Waals surface area contributed by atoms with Crippen molar-refractivity contribution in [3.63, 3.8) is 0 Å². The lowest BCUT2D eigenvalue weighted by atomic mass is 9.92. The molecule has 0 heterocycles. The maximum atomic E-state index is 11.3. The van der Waals surface area contributed by atoms with Crippen molar-refractivity contribution in [1.29, 1.82) is 0 Å². The smallest absolute Gasteiger partial charge is 0.253 e. The summed E-state index contributed by atoms with van der Waals surface area (Å²) in [6, 6.07) is 7.04. The molecule has 19 heavy (non-hydrogen) atoms. The molecule has 0 saturated heterocycles. The van der Waals surface area contributed by atoms with E-state index in [2.05, 4.69) is 0 Å². The Labute approximate surface area is 111 Å². The molecule has 4 N–H and O–H groups in total. The van der Waals surface area contributed by atoms with E-state index in [1.54, 1.807) is 24.3 Å². The number of carbonyl (C=O) groups is 1. The van der Waals surface area contributed by atoms with E-state index >= 15 is 0 Å². The first-order chi connectivity index (χ1) is 9.15. The predicted octanol–water partition coefficient (Wildman–Crippen LogP) is -0.0476. The molecule has 0 atom stereocenters. The highest BCUT2D eigenvalue weighted by Crippen LogP contribution is 2.25. The summed E-state index contributed by atoms with van der Waals surface area (Å²) in [5.74, 6) is -0.878. The molecule has 0 fully saturated rings. The number of rotatable bonds is 7. The van der Waals surface area contributed by atoms with Crippen LogP contribution in [0.1, 0.15) is 17.5 Å². The molecule has 0 saturated carbocycles. The van der Waals surface area contributed by atoms with Gasteiger partial charge in [0.2, 0.25) is 6.29 Å². The first-order valence-electron chi connectivity index (χ1n) is 5.86. The minimum atomic E-state index is -0.878. The zero-order valence-electron chi connectivity index (χ0n) is 10.4. The molecule has 0 bridgehead atoms. The monoisotopic (exact) mass is 262 g/mol. The second-order valence-electron chi connectivity index (χ2n) is 3.92. The van der Waals surface area contributed by atoms with E-state index < -0.39 is 5.91 Å². The Hall–Kier alpha value is -1.98. The lowest BCUT2D eigenvalue weighted by Gasteiger charge is -2.13. The molecule has 0 spiro atoms. The molecule has 1 rings (SSSR count). The minimum Gasteiger partial charge on any atom is -0.396 e. The number of primary amides is 1. The van der Waals surface area contributed by atoms with Gasteiger partial charge in [-0.1, -0.05) is 24.3 Å². The predicted molar refractivity (Wildman–Crippen MR) is 70.7 cm³/mol. The van der Waals surface area contributed by atoms with Gasteiger partial charge in [0.05, 0.1) is 5.57 Å². The maximum absolute atomic E-state index is 11.3. The number of amides is 1. The lowest BCUT2D eigenvalue weighted by molar-refractivity contribution is -0.114. The highest BCUT2D eigenvalue weighted by molar-refractivity contribution is 6.16. The number of aliphatic hydroxyl groups excluding tert-OH is 2. The Bertz CT molecular complexity index is 494. The summed E-state index contributed by atoms with van der Waals surface area (Å²) in [6.45, 7) is -0.276. The van der Waals surface area contributed by atoms with Crippen LogP contribution in [0.2, 0.25) is 0 Å². The third-order valence-electron chi connectivity index (χ3n) is 2.74. The van der Waals surface area contributed by atoms with Crippen molar-refractivity contribution < 1.29 is 19.8 Å². The molecule has 0 aliphatic heterocycles. The van der Waals surface area contributed by atoms with Crippen LogP contribution in [0.5, 0.6) is 0 Å². The van der Waals surface area contributed by atoms with Crippen LogP contribution in [0, 0.1) is 0 Å². The summed E-state index contributed by atoms with van der Waals surface area (Å²) in [5.41, 5.74) is 6.65. The topological polar surface area (TPSA) is 101 Å². The van der Waals surface area contributed by atoms with Crippen LogP contribution in [0.25, 0.3) is 5.57 Å². The van der Waals surface area contributed by atoms with E-state index in [0.29, 0.717) is 17.6 Å². The molecule has 0 aliphatic rings. The van der Waals surface area contributed by atoms with Crippen molar-refractivity contribution in [2.75, 3.05) is 13.2 Å². The molecule has 0 unspecified atom stereocenters. The standard InChI is InChI=1S/C14H16NO4/c15-14(19)13(9-18)12(6-8-17)11-4-2-1-3-10(11)5-7-16/h1-4,16-17H,5-8H2,(H2,15,19). The zero-order valence-corrected chi connectivity index (χ0v) is 10.4. The molecule has 1 aromatic carbocycles. The van der Waals surface area contributed by atoms with Crippen LogP contribution >= 0.6 is 0 Å². The second kappa shape index (κ2) is 7.45. The van der Waals surface area contributed by atoms with Crippen LogP contribution in [0.3, 0.4) is 0 Å². The molecule has 101 valence electrons. The van der Waals surface area contributed by atoms with E-state index in [1.165, 1.54) is 6.29 Å². The summed E-state index contributed by atoms with van der Waals surface area (Å²) < 4.78 is 0. The number of hydrogen-bond donors (Lipinski definition) is 3. The Morgan fingerprint density at radius 3 is 2.42 bits per heavy atom. The van der Waals surface area contributed by atoms with Crippen LogP contribution in [-0.4, -0.2) is 35.6 Å². The van der Waals surface area contributed by atoms with E-state index in [-0.39, 0.29) is 25.2 Å². The van der Waals surface area contributed by atoms with Gasteiger partial charge < -0.3 is 15.9 Å². The molecule has 1 amide bonds. The number of benzene rings is 1. The van der Waals surface area contributed by atoms with Crippen molar-refractivity contribution in [2.45, 2.75) is 12.8 Å². The molecular formula is C14H16NO4. The van der Waals surface area contributed by atoms with Crippen molar-refractivity contribution in [3.8, 4) is 0 Å². The first-order valence-corrected chi connectivity index (χ1v) is 5.86. The fourth-order valence-electron chi connectivity index (χ4n) is 1.92. The van der Waals surface area contributed by atoms with Crippen molar-refractivity contribution in [2.24, 2.45) is 5.73 Å². The third kappa shape index (κ3) is 3.74. The average molecular weight is 262 g/mol. The van der Waals surface area contributed by atoms with Gasteiger partial charge in [-0.05, 0) is 29.5 Å². The normalized spacial score (nSPS) is 11.9. The van der Waals surface area contributed by atoms with Gasteiger partial charge in [-0.25, -0.2) is 0 Å². The SMILES string of the molecule is NC(=O)C([C]=O)=C(CCO)c1ccccc1CCO. The Balaban J connectivity index is 3.41. The van der Waals surface area contributed by atoms with Gasteiger partial charge in [0.15, 0.2) is 0 Å². The molecular weight excluding hydrogens is 246 g/mol. The maximum Gasteiger partial charge on any atom is 0.253 e. The summed E-state index contributed by atoms with van der Waals surface area (Å²) in [5, 5.41) is 18.1. The molecule has 5 nitrogen and oxygen atoms in total. The zero-order chi connectivity index (χ0) is 14.3. The molecule has 1 radical (unpaired) electrons. The van der Waals surface area contributed by atoms with Crippen LogP contribution in [0.15, 0.2) is 29.8 Å². The van der Waals surface area contributed by atoms with E-state index in [1.807, 2.05) is 0 Å². The van der Waals surface area contributed by atoms with Crippen LogP contribution < -0.4 is 5.73 Å². The molecule has 5 heteroatoms. The molecule has 0 aliphatic carbocycles. The Morgan fingerprint density at radius 1 is 1.21 bits per heavy atom. The average Bonchev–Trinajstić information content (AvgIpc) is 2.39. The van der Waals surface area contributed by atoms with E-state index in [9.17, 15) is 9.59 Å². The number of hydrogen-bond acceptors (Lipinski definition) is 4. The lowest BCUT2D eigenvalue weighted by Crippen LogP contribution is -2.17. The van der Waals surface area contributed by atoms with Gasteiger partial charge in [-0.2, -0.15) is 0 Å². The molecule has 1 aromatic rings. The van der Waals surface area contributed by atoms with E-state index in [0.717, 1.165) is 5.56 Å². The van der Waals surface area contributed by atoms with Gasteiger partial charge in [0.25, 0.3) is 5.91 Å². The summed E-state index contributed by atoms with van der Waals surface area (Å²) in [4.78, 5) is 22.2. The quantitative estimate of drug-likeness (QED) is 0.364. The fourth-order valence-corrected chi connectivity index (χ4v) is 1.92. The summed E-state index contributed by atoms with van der Waals surface area (Å²) in [7, 11) is 0.